The van der Waals surface area contributed by atoms with Crippen LogP contribution >= 0.6 is 27.3 Å². The third-order valence-corrected chi connectivity index (χ3v) is 5.12. The number of anilines is 1. The maximum absolute atomic E-state index is 5.82. The predicted molar refractivity (Wildman–Crippen MR) is 90.3 cm³/mol. The lowest BCUT2D eigenvalue weighted by Gasteiger charge is -2.16. The highest BCUT2D eigenvalue weighted by Crippen LogP contribution is 2.31. The van der Waals surface area contributed by atoms with Gasteiger partial charge < -0.3 is 10.6 Å². The Hall–Kier alpha value is -0.910. The molecular weight excluding hydrogens is 334 g/mol. The zero-order valence-electron chi connectivity index (χ0n) is 12.1. The number of hydrogen-bond donors (Lipinski definition) is 1. The summed E-state index contributed by atoms with van der Waals surface area (Å²) in [6.07, 6.45) is 0. The summed E-state index contributed by atoms with van der Waals surface area (Å²) < 4.78 is 1.13. The summed E-state index contributed by atoms with van der Waals surface area (Å²) in [5.74, 6) is 0.412. The van der Waals surface area contributed by atoms with Crippen LogP contribution in [0.1, 0.15) is 35.9 Å². The first kappa shape index (κ1) is 15.5. The number of aromatic nitrogens is 1. The Morgan fingerprint density at radius 2 is 2.05 bits per heavy atom. The number of thiazole rings is 1. The molecule has 0 fully saturated rings. The molecule has 5 heteroatoms. The molecule has 1 aromatic heterocycles. The maximum Gasteiger partial charge on any atom is 0.185 e. The SMILES string of the molecule is CC(C)c1nc(N(C)Cc2ccccc2Br)sc1CN. The van der Waals surface area contributed by atoms with Crippen LogP contribution in [0, 0.1) is 0 Å². The average molecular weight is 354 g/mol. The molecule has 0 unspecified atom stereocenters. The molecule has 2 rings (SSSR count). The highest BCUT2D eigenvalue weighted by Gasteiger charge is 2.16. The molecule has 0 amide bonds. The molecule has 0 aliphatic heterocycles. The van der Waals surface area contributed by atoms with E-state index in [1.807, 2.05) is 6.07 Å². The minimum Gasteiger partial charge on any atom is -0.347 e. The minimum absolute atomic E-state index is 0.412. The Kier molecular flexibility index (Phi) is 5.18. The minimum atomic E-state index is 0.412. The lowest BCUT2D eigenvalue weighted by molar-refractivity contribution is 0.804. The third-order valence-electron chi connectivity index (χ3n) is 3.14. The van der Waals surface area contributed by atoms with Crippen LogP contribution in [0.5, 0.6) is 0 Å². The van der Waals surface area contributed by atoms with Crippen molar-refractivity contribution in [2.45, 2.75) is 32.9 Å². The monoisotopic (exact) mass is 353 g/mol. The van der Waals surface area contributed by atoms with Crippen molar-refractivity contribution in [1.82, 2.24) is 4.98 Å². The van der Waals surface area contributed by atoms with Crippen LogP contribution < -0.4 is 10.6 Å². The first-order valence-electron chi connectivity index (χ1n) is 6.67. The van der Waals surface area contributed by atoms with E-state index in [1.54, 1.807) is 11.3 Å². The van der Waals surface area contributed by atoms with E-state index in [2.05, 4.69) is 59.9 Å². The predicted octanol–water partition coefficient (Wildman–Crippen LogP) is 4.12. The molecule has 1 aromatic carbocycles. The summed E-state index contributed by atoms with van der Waals surface area (Å²) in [4.78, 5) is 8.12. The van der Waals surface area contributed by atoms with E-state index in [9.17, 15) is 0 Å². The van der Waals surface area contributed by atoms with Gasteiger partial charge >= 0.3 is 0 Å². The van der Waals surface area contributed by atoms with Crippen LogP contribution in [0.25, 0.3) is 0 Å². The van der Waals surface area contributed by atoms with Crippen LogP contribution in [0.2, 0.25) is 0 Å². The van der Waals surface area contributed by atoms with Gasteiger partial charge in [0.1, 0.15) is 0 Å². The zero-order chi connectivity index (χ0) is 14.7. The van der Waals surface area contributed by atoms with Gasteiger partial charge in [-0.3, -0.25) is 0 Å². The van der Waals surface area contributed by atoms with E-state index in [-0.39, 0.29) is 0 Å². The zero-order valence-corrected chi connectivity index (χ0v) is 14.5. The van der Waals surface area contributed by atoms with Crippen molar-refractivity contribution in [3.05, 3.63) is 44.9 Å². The fraction of sp³-hybridized carbons (Fsp3) is 0.400. The van der Waals surface area contributed by atoms with E-state index in [0.717, 1.165) is 21.8 Å². The smallest absolute Gasteiger partial charge is 0.185 e. The van der Waals surface area contributed by atoms with Gasteiger partial charge in [0, 0.05) is 29.5 Å². The molecule has 0 radical (unpaired) electrons. The molecule has 3 nitrogen and oxygen atoms in total. The van der Waals surface area contributed by atoms with Crippen LogP contribution in [-0.4, -0.2) is 12.0 Å². The molecule has 1 heterocycles. The van der Waals surface area contributed by atoms with Crippen molar-refractivity contribution in [2.24, 2.45) is 5.73 Å². The summed E-state index contributed by atoms with van der Waals surface area (Å²) in [6.45, 7) is 5.71. The van der Waals surface area contributed by atoms with Crippen LogP contribution in [0.3, 0.4) is 0 Å². The molecule has 2 N–H and O–H groups in total. The Bertz CT molecular complexity index is 580. The number of rotatable bonds is 5. The summed E-state index contributed by atoms with van der Waals surface area (Å²) >= 11 is 5.29. The van der Waals surface area contributed by atoms with Crippen molar-refractivity contribution in [1.29, 1.82) is 0 Å². The van der Waals surface area contributed by atoms with E-state index in [1.165, 1.54) is 10.4 Å². The fourth-order valence-electron chi connectivity index (χ4n) is 2.06. The second-order valence-electron chi connectivity index (χ2n) is 5.11. The van der Waals surface area contributed by atoms with Gasteiger partial charge in [0.15, 0.2) is 5.13 Å². The summed E-state index contributed by atoms with van der Waals surface area (Å²) in [5.41, 5.74) is 8.21. The molecule has 108 valence electrons. The van der Waals surface area contributed by atoms with E-state index < -0.39 is 0 Å². The van der Waals surface area contributed by atoms with Crippen molar-refractivity contribution in [3.8, 4) is 0 Å². The largest absolute Gasteiger partial charge is 0.347 e. The molecule has 0 saturated carbocycles. The summed E-state index contributed by atoms with van der Waals surface area (Å²) in [6, 6.07) is 8.28. The molecule has 0 bridgehead atoms. The Labute approximate surface area is 133 Å². The number of halogens is 1. The molecule has 20 heavy (non-hydrogen) atoms. The standard InChI is InChI=1S/C15H20BrN3S/c1-10(2)14-13(8-17)20-15(18-14)19(3)9-11-6-4-5-7-12(11)16/h4-7,10H,8-9,17H2,1-3H3. The first-order chi connectivity index (χ1) is 9.52. The molecule has 0 aliphatic rings. The quantitative estimate of drug-likeness (QED) is 0.878. The Balaban J connectivity index is 2.21. The highest BCUT2D eigenvalue weighted by molar-refractivity contribution is 9.10. The second kappa shape index (κ2) is 6.70. The highest BCUT2D eigenvalue weighted by atomic mass is 79.9. The van der Waals surface area contributed by atoms with Crippen LogP contribution in [0.4, 0.5) is 5.13 Å². The molecule has 0 saturated heterocycles. The second-order valence-corrected chi connectivity index (χ2v) is 7.03. The van der Waals surface area contributed by atoms with Gasteiger partial charge in [-0.15, -0.1) is 11.3 Å². The lowest BCUT2D eigenvalue weighted by Crippen LogP contribution is -2.16. The van der Waals surface area contributed by atoms with Gasteiger partial charge in [0.05, 0.1) is 5.69 Å². The van der Waals surface area contributed by atoms with Gasteiger partial charge in [-0.2, -0.15) is 0 Å². The van der Waals surface area contributed by atoms with Crippen molar-refractivity contribution >= 4 is 32.4 Å². The number of nitrogens with two attached hydrogens (primary N) is 1. The molecular formula is C15H20BrN3S. The maximum atomic E-state index is 5.82. The van der Waals surface area contributed by atoms with Crippen molar-refractivity contribution in [2.75, 3.05) is 11.9 Å². The van der Waals surface area contributed by atoms with Gasteiger partial charge in [0.2, 0.25) is 0 Å². The van der Waals surface area contributed by atoms with Crippen molar-refractivity contribution in [3.63, 3.8) is 0 Å². The Morgan fingerprint density at radius 1 is 1.35 bits per heavy atom. The van der Waals surface area contributed by atoms with Crippen LogP contribution in [-0.2, 0) is 13.1 Å². The van der Waals surface area contributed by atoms with Crippen molar-refractivity contribution < 1.29 is 0 Å². The lowest BCUT2D eigenvalue weighted by atomic mass is 10.1. The third kappa shape index (κ3) is 3.40. The molecule has 0 aliphatic carbocycles. The molecule has 0 atom stereocenters. The van der Waals surface area contributed by atoms with Gasteiger partial charge in [-0.25, -0.2) is 4.98 Å². The molecule has 2 aromatic rings. The van der Waals surface area contributed by atoms with E-state index in [0.29, 0.717) is 12.5 Å². The average Bonchev–Trinajstić information content (AvgIpc) is 2.86. The van der Waals surface area contributed by atoms with Gasteiger partial charge in [-0.05, 0) is 17.5 Å². The summed E-state index contributed by atoms with van der Waals surface area (Å²) in [5, 5.41) is 1.03. The number of benzene rings is 1. The number of hydrogen-bond acceptors (Lipinski definition) is 4. The number of nitrogens with zero attached hydrogens (tertiary/aromatic N) is 2. The fourth-order valence-corrected chi connectivity index (χ4v) is 3.53. The summed E-state index contributed by atoms with van der Waals surface area (Å²) in [7, 11) is 2.07. The van der Waals surface area contributed by atoms with Gasteiger partial charge in [0.25, 0.3) is 0 Å². The molecule has 0 spiro atoms. The van der Waals surface area contributed by atoms with Gasteiger partial charge in [-0.1, -0.05) is 48.0 Å². The van der Waals surface area contributed by atoms with E-state index in [4.69, 9.17) is 10.7 Å². The van der Waals surface area contributed by atoms with E-state index >= 15 is 0 Å². The first-order valence-corrected chi connectivity index (χ1v) is 8.28. The topological polar surface area (TPSA) is 42.2 Å². The normalized spacial score (nSPS) is 11.1. The van der Waals surface area contributed by atoms with Crippen LogP contribution in [0.15, 0.2) is 28.7 Å². The Morgan fingerprint density at radius 3 is 2.60 bits per heavy atom.